The van der Waals surface area contributed by atoms with Crippen molar-refractivity contribution in [3.05, 3.63) is 62.5 Å². The minimum absolute atomic E-state index is 0.0201. The van der Waals surface area contributed by atoms with Crippen molar-refractivity contribution >= 4 is 34.0 Å². The number of fused-ring (bicyclic) bond motifs is 2. The van der Waals surface area contributed by atoms with Gasteiger partial charge in [0.25, 0.3) is 5.56 Å². The standard InChI is InChI=1S/C19H18N2O3S2/c1-12-10-26-19-20-15(8-17(22)21(12)19)9-24-18(23)11-25-16-6-5-13-3-2-4-14(13)7-16/h5-8,10H,2-4,9,11H2,1H3. The summed E-state index contributed by atoms with van der Waals surface area (Å²) in [6.07, 6.45) is 3.50. The second kappa shape index (κ2) is 7.25. The summed E-state index contributed by atoms with van der Waals surface area (Å²) < 4.78 is 6.84. The van der Waals surface area contributed by atoms with Crippen LogP contribution in [0.4, 0.5) is 0 Å². The van der Waals surface area contributed by atoms with Gasteiger partial charge in [0.2, 0.25) is 0 Å². The molecule has 5 nitrogen and oxygen atoms in total. The van der Waals surface area contributed by atoms with Crippen molar-refractivity contribution in [1.82, 2.24) is 9.38 Å². The number of benzene rings is 1. The van der Waals surface area contributed by atoms with Gasteiger partial charge >= 0.3 is 5.97 Å². The number of thioether (sulfide) groups is 1. The highest BCUT2D eigenvalue weighted by atomic mass is 32.2. The Labute approximate surface area is 159 Å². The normalized spacial score (nSPS) is 13.1. The van der Waals surface area contributed by atoms with Crippen LogP contribution in [-0.2, 0) is 29.0 Å². The summed E-state index contributed by atoms with van der Waals surface area (Å²) in [6.45, 7) is 1.88. The van der Waals surface area contributed by atoms with E-state index in [0.717, 1.165) is 23.4 Å². The van der Waals surface area contributed by atoms with E-state index in [4.69, 9.17) is 4.74 Å². The molecule has 2 heterocycles. The minimum atomic E-state index is -0.306. The van der Waals surface area contributed by atoms with E-state index in [1.807, 2.05) is 12.3 Å². The third-order valence-corrected chi connectivity index (χ3v) is 6.35. The maximum absolute atomic E-state index is 12.1. The highest BCUT2D eigenvalue weighted by Gasteiger charge is 2.13. The van der Waals surface area contributed by atoms with Crippen molar-refractivity contribution in [3.8, 4) is 0 Å². The molecule has 1 aromatic carbocycles. The first-order valence-corrected chi connectivity index (χ1v) is 10.3. The molecule has 0 fully saturated rings. The molecule has 4 rings (SSSR count). The van der Waals surface area contributed by atoms with Crippen molar-refractivity contribution in [2.24, 2.45) is 0 Å². The van der Waals surface area contributed by atoms with Gasteiger partial charge in [0, 0.05) is 22.0 Å². The summed E-state index contributed by atoms with van der Waals surface area (Å²) in [5.41, 5.74) is 4.01. The highest BCUT2D eigenvalue weighted by molar-refractivity contribution is 8.00. The lowest BCUT2D eigenvalue weighted by Gasteiger charge is -2.06. The van der Waals surface area contributed by atoms with Gasteiger partial charge in [-0.15, -0.1) is 23.1 Å². The Morgan fingerprint density at radius 1 is 1.31 bits per heavy atom. The summed E-state index contributed by atoms with van der Waals surface area (Å²) >= 11 is 2.88. The van der Waals surface area contributed by atoms with Crippen LogP contribution in [0.5, 0.6) is 0 Å². The molecule has 0 atom stereocenters. The highest BCUT2D eigenvalue weighted by Crippen LogP contribution is 2.27. The second-order valence-electron chi connectivity index (χ2n) is 6.31. The Balaban J connectivity index is 1.35. The molecule has 0 amide bonds. The van der Waals surface area contributed by atoms with Crippen LogP contribution in [0.15, 0.2) is 39.3 Å². The van der Waals surface area contributed by atoms with Crippen LogP contribution in [0, 0.1) is 6.92 Å². The summed E-state index contributed by atoms with van der Waals surface area (Å²) in [5.74, 6) is -0.0575. The van der Waals surface area contributed by atoms with Crippen molar-refractivity contribution in [2.75, 3.05) is 5.75 Å². The van der Waals surface area contributed by atoms with E-state index >= 15 is 0 Å². The van der Waals surface area contributed by atoms with Crippen molar-refractivity contribution in [3.63, 3.8) is 0 Å². The number of esters is 1. The number of aromatic nitrogens is 2. The third kappa shape index (κ3) is 3.54. The van der Waals surface area contributed by atoms with E-state index in [2.05, 4.69) is 23.2 Å². The van der Waals surface area contributed by atoms with Crippen LogP contribution in [0.1, 0.15) is 28.9 Å². The van der Waals surface area contributed by atoms with Crippen LogP contribution in [0.2, 0.25) is 0 Å². The van der Waals surface area contributed by atoms with Gasteiger partial charge in [0.1, 0.15) is 6.61 Å². The van der Waals surface area contributed by atoms with Gasteiger partial charge in [-0.1, -0.05) is 6.07 Å². The van der Waals surface area contributed by atoms with Gasteiger partial charge in [-0.3, -0.25) is 14.0 Å². The summed E-state index contributed by atoms with van der Waals surface area (Å²) in [6, 6.07) is 7.83. The van der Waals surface area contributed by atoms with Crippen molar-refractivity contribution in [2.45, 2.75) is 37.7 Å². The molecular formula is C19H18N2O3S2. The lowest BCUT2D eigenvalue weighted by molar-refractivity contribution is -0.141. The first kappa shape index (κ1) is 17.3. The van der Waals surface area contributed by atoms with Gasteiger partial charge in [-0.05, 0) is 49.4 Å². The molecule has 0 N–H and O–H groups in total. The zero-order chi connectivity index (χ0) is 18.1. The molecule has 0 saturated carbocycles. The molecule has 1 aliphatic carbocycles. The van der Waals surface area contributed by atoms with Gasteiger partial charge in [0.15, 0.2) is 4.96 Å². The molecule has 0 unspecified atom stereocenters. The zero-order valence-corrected chi connectivity index (χ0v) is 16.0. The molecule has 134 valence electrons. The van der Waals surface area contributed by atoms with E-state index in [1.54, 1.807) is 4.40 Å². The molecule has 2 aromatic heterocycles. The Morgan fingerprint density at radius 3 is 3.04 bits per heavy atom. The predicted molar refractivity (Wildman–Crippen MR) is 103 cm³/mol. The molecule has 0 bridgehead atoms. The summed E-state index contributed by atoms with van der Waals surface area (Å²) in [7, 11) is 0. The molecule has 7 heteroatoms. The number of rotatable bonds is 5. The quantitative estimate of drug-likeness (QED) is 0.497. The third-order valence-electron chi connectivity index (χ3n) is 4.44. The first-order valence-electron chi connectivity index (χ1n) is 8.47. The van der Waals surface area contributed by atoms with Crippen LogP contribution in [0.3, 0.4) is 0 Å². The predicted octanol–water partition coefficient (Wildman–Crippen LogP) is 3.39. The van der Waals surface area contributed by atoms with Crippen LogP contribution in [-0.4, -0.2) is 21.1 Å². The lowest BCUT2D eigenvalue weighted by atomic mass is 10.1. The Kier molecular flexibility index (Phi) is 4.82. The van der Waals surface area contributed by atoms with Gasteiger partial charge in [-0.2, -0.15) is 0 Å². The van der Waals surface area contributed by atoms with E-state index in [9.17, 15) is 9.59 Å². The van der Waals surface area contributed by atoms with E-state index < -0.39 is 0 Å². The number of hydrogen-bond donors (Lipinski definition) is 0. The molecule has 0 spiro atoms. The molecule has 3 aromatic rings. The molecule has 1 aliphatic rings. The SMILES string of the molecule is Cc1csc2nc(COC(=O)CSc3ccc4c(c3)CCC4)cc(=O)n12. The Hall–Kier alpha value is -2.12. The summed E-state index contributed by atoms with van der Waals surface area (Å²) in [4.78, 5) is 30.2. The summed E-state index contributed by atoms with van der Waals surface area (Å²) in [5, 5.41) is 1.88. The van der Waals surface area contributed by atoms with Crippen LogP contribution < -0.4 is 5.56 Å². The smallest absolute Gasteiger partial charge is 0.316 e. The first-order chi connectivity index (χ1) is 12.6. The second-order valence-corrected chi connectivity index (χ2v) is 8.20. The number of ether oxygens (including phenoxy) is 1. The molecular weight excluding hydrogens is 368 g/mol. The average molecular weight is 386 g/mol. The van der Waals surface area contributed by atoms with Gasteiger partial charge < -0.3 is 4.74 Å². The number of hydrogen-bond acceptors (Lipinski definition) is 6. The molecule has 26 heavy (non-hydrogen) atoms. The number of thiazole rings is 1. The number of nitrogens with zero attached hydrogens (tertiary/aromatic N) is 2. The lowest BCUT2D eigenvalue weighted by Crippen LogP contribution is -2.16. The molecule has 0 aliphatic heterocycles. The minimum Gasteiger partial charge on any atom is -0.459 e. The average Bonchev–Trinajstić information content (AvgIpc) is 3.24. The topological polar surface area (TPSA) is 60.7 Å². The van der Waals surface area contributed by atoms with E-state index in [0.29, 0.717) is 10.7 Å². The fraction of sp³-hybridized carbons (Fsp3) is 0.316. The monoisotopic (exact) mass is 386 g/mol. The van der Waals surface area contributed by atoms with Gasteiger partial charge in [0.05, 0.1) is 11.4 Å². The number of carbonyl (C=O) groups excluding carboxylic acids is 1. The Bertz CT molecular complexity index is 1040. The maximum Gasteiger partial charge on any atom is 0.316 e. The van der Waals surface area contributed by atoms with Crippen LogP contribution in [0.25, 0.3) is 4.96 Å². The largest absolute Gasteiger partial charge is 0.459 e. The molecule has 0 saturated heterocycles. The Morgan fingerprint density at radius 2 is 2.15 bits per heavy atom. The van der Waals surface area contributed by atoms with E-state index in [1.165, 1.54) is 46.7 Å². The number of carbonyl (C=O) groups is 1. The molecule has 0 radical (unpaired) electrons. The van der Waals surface area contributed by atoms with Crippen molar-refractivity contribution in [1.29, 1.82) is 0 Å². The number of aryl methyl sites for hydroxylation is 3. The van der Waals surface area contributed by atoms with Gasteiger partial charge in [-0.25, -0.2) is 4.98 Å². The van der Waals surface area contributed by atoms with Crippen molar-refractivity contribution < 1.29 is 9.53 Å². The van der Waals surface area contributed by atoms with E-state index in [-0.39, 0.29) is 23.9 Å². The fourth-order valence-corrected chi connectivity index (χ4v) is 4.80. The maximum atomic E-state index is 12.1. The zero-order valence-electron chi connectivity index (χ0n) is 14.4. The van der Waals surface area contributed by atoms with Crippen LogP contribution >= 0.6 is 23.1 Å². The fourth-order valence-electron chi connectivity index (χ4n) is 3.15.